The van der Waals surface area contributed by atoms with E-state index >= 15 is 0 Å². The number of nitrogens with zero attached hydrogens (tertiary/aromatic N) is 3. The smallest absolute Gasteiger partial charge is 0.230 e. The summed E-state index contributed by atoms with van der Waals surface area (Å²) in [5.74, 6) is 2.03. The Bertz CT molecular complexity index is 1010. The van der Waals surface area contributed by atoms with Crippen LogP contribution in [0, 0.1) is 0 Å². The Kier molecular flexibility index (Phi) is 8.37. The molecule has 2 aromatic carbocycles. The number of nitrogens with one attached hydrogen (secondary N) is 1. The van der Waals surface area contributed by atoms with E-state index in [1.165, 1.54) is 22.9 Å². The summed E-state index contributed by atoms with van der Waals surface area (Å²) in [4.78, 5) is 12.2. The van der Waals surface area contributed by atoms with Crippen LogP contribution in [-0.4, -0.2) is 33.0 Å². The first kappa shape index (κ1) is 23.2. The van der Waals surface area contributed by atoms with E-state index in [4.69, 9.17) is 16.3 Å². The Balaban J connectivity index is 1.41. The van der Waals surface area contributed by atoms with Crippen LogP contribution in [0.5, 0.6) is 5.75 Å². The van der Waals surface area contributed by atoms with Gasteiger partial charge in [-0.1, -0.05) is 73.6 Å². The number of carbonyl (C=O) groups excluding carboxylic acids is 1. The van der Waals surface area contributed by atoms with Gasteiger partial charge in [-0.25, -0.2) is 0 Å². The maximum atomic E-state index is 12.2. The fourth-order valence-corrected chi connectivity index (χ4v) is 3.85. The van der Waals surface area contributed by atoms with Crippen molar-refractivity contribution in [2.45, 2.75) is 37.9 Å². The number of benzene rings is 2. The van der Waals surface area contributed by atoms with Gasteiger partial charge in [-0.05, 0) is 35.6 Å². The van der Waals surface area contributed by atoms with Crippen molar-refractivity contribution in [3.63, 3.8) is 0 Å². The number of hydrogen-bond acceptors (Lipinski definition) is 5. The number of rotatable bonds is 10. The molecule has 0 spiro atoms. The molecule has 1 N–H and O–H groups in total. The molecule has 164 valence electrons. The maximum absolute atomic E-state index is 12.2. The van der Waals surface area contributed by atoms with Crippen LogP contribution in [0.2, 0.25) is 5.02 Å². The molecule has 0 bridgehead atoms. The van der Waals surface area contributed by atoms with Crippen molar-refractivity contribution in [2.24, 2.45) is 7.05 Å². The van der Waals surface area contributed by atoms with E-state index in [1.807, 2.05) is 23.7 Å². The highest BCUT2D eigenvalue weighted by atomic mass is 35.5. The quantitative estimate of drug-likeness (QED) is 0.449. The number of aromatic nitrogens is 3. The van der Waals surface area contributed by atoms with Gasteiger partial charge < -0.3 is 14.6 Å². The largest absolute Gasteiger partial charge is 0.484 e. The molecular formula is C23H27ClN4O2S. The topological polar surface area (TPSA) is 69.0 Å². The maximum Gasteiger partial charge on any atom is 0.230 e. The summed E-state index contributed by atoms with van der Waals surface area (Å²) in [6, 6.07) is 15.8. The predicted octanol–water partition coefficient (Wildman–Crippen LogP) is 4.62. The SMILES string of the molecule is CC(C)c1ccc(CCNC(=O)CSc2nnc(COc3ccccc3Cl)n2C)cc1. The molecule has 6 nitrogen and oxygen atoms in total. The van der Waals surface area contributed by atoms with Crippen LogP contribution in [0.15, 0.2) is 53.7 Å². The molecule has 0 unspecified atom stereocenters. The monoisotopic (exact) mass is 458 g/mol. The Hall–Kier alpha value is -2.51. The Morgan fingerprint density at radius 2 is 1.90 bits per heavy atom. The van der Waals surface area contributed by atoms with Crippen LogP contribution in [0.4, 0.5) is 0 Å². The second-order valence-corrected chi connectivity index (χ2v) is 8.81. The number of hydrogen-bond donors (Lipinski definition) is 1. The molecule has 1 heterocycles. The number of thioether (sulfide) groups is 1. The highest BCUT2D eigenvalue weighted by molar-refractivity contribution is 7.99. The van der Waals surface area contributed by atoms with Crippen molar-refractivity contribution in [3.05, 3.63) is 70.5 Å². The van der Waals surface area contributed by atoms with Gasteiger partial charge in [0.15, 0.2) is 11.0 Å². The lowest BCUT2D eigenvalue weighted by atomic mass is 10.0. The number of ether oxygens (including phenoxy) is 1. The number of halogens is 1. The van der Waals surface area contributed by atoms with Crippen LogP contribution in [0.1, 0.15) is 36.7 Å². The normalized spacial score (nSPS) is 11.0. The van der Waals surface area contributed by atoms with E-state index in [0.29, 0.717) is 34.2 Å². The Labute approximate surface area is 192 Å². The lowest BCUT2D eigenvalue weighted by Gasteiger charge is -2.08. The summed E-state index contributed by atoms with van der Waals surface area (Å²) in [6.07, 6.45) is 0.808. The van der Waals surface area contributed by atoms with Crippen molar-refractivity contribution in [1.82, 2.24) is 20.1 Å². The average molecular weight is 459 g/mol. The first-order valence-electron chi connectivity index (χ1n) is 10.2. The zero-order chi connectivity index (χ0) is 22.2. The van der Waals surface area contributed by atoms with Crippen LogP contribution in [0.3, 0.4) is 0 Å². The van der Waals surface area contributed by atoms with E-state index in [-0.39, 0.29) is 18.3 Å². The van der Waals surface area contributed by atoms with Gasteiger partial charge in [0, 0.05) is 13.6 Å². The molecule has 8 heteroatoms. The lowest BCUT2D eigenvalue weighted by Crippen LogP contribution is -2.27. The number of para-hydroxylation sites is 1. The van der Waals surface area contributed by atoms with Crippen LogP contribution >= 0.6 is 23.4 Å². The van der Waals surface area contributed by atoms with Crippen LogP contribution in [0.25, 0.3) is 0 Å². The molecule has 0 atom stereocenters. The highest BCUT2D eigenvalue weighted by Gasteiger charge is 2.12. The van der Waals surface area contributed by atoms with Gasteiger partial charge in [-0.3, -0.25) is 4.79 Å². The Morgan fingerprint density at radius 1 is 1.16 bits per heavy atom. The molecule has 0 fully saturated rings. The fraction of sp³-hybridized carbons (Fsp3) is 0.348. The third-order valence-corrected chi connectivity index (χ3v) is 6.17. The number of amides is 1. The van der Waals surface area contributed by atoms with E-state index in [9.17, 15) is 4.79 Å². The van der Waals surface area contributed by atoms with Gasteiger partial charge in [0.25, 0.3) is 0 Å². The second kappa shape index (κ2) is 11.2. The minimum Gasteiger partial charge on any atom is -0.484 e. The summed E-state index contributed by atoms with van der Waals surface area (Å²) in [5.41, 5.74) is 2.54. The summed E-state index contributed by atoms with van der Waals surface area (Å²) in [7, 11) is 1.85. The molecule has 0 aliphatic rings. The van der Waals surface area contributed by atoms with E-state index < -0.39 is 0 Å². The standard InChI is InChI=1S/C23H27ClN4O2S/c1-16(2)18-10-8-17(9-11-18)12-13-25-22(29)15-31-23-27-26-21(28(23)3)14-30-20-7-5-4-6-19(20)24/h4-11,16H,12-15H2,1-3H3,(H,25,29). The van der Waals surface area contributed by atoms with Crippen molar-refractivity contribution in [3.8, 4) is 5.75 Å². The zero-order valence-corrected chi connectivity index (χ0v) is 19.5. The van der Waals surface area contributed by atoms with Crippen molar-refractivity contribution in [2.75, 3.05) is 12.3 Å². The molecule has 1 aromatic heterocycles. The van der Waals surface area contributed by atoms with Crippen LogP contribution in [-0.2, 0) is 24.9 Å². The molecule has 1 amide bonds. The van der Waals surface area contributed by atoms with Crippen molar-refractivity contribution in [1.29, 1.82) is 0 Å². The summed E-state index contributed by atoms with van der Waals surface area (Å²) >= 11 is 7.45. The first-order chi connectivity index (χ1) is 14.9. The van der Waals surface area contributed by atoms with Gasteiger partial charge in [-0.2, -0.15) is 0 Å². The molecular weight excluding hydrogens is 432 g/mol. The summed E-state index contributed by atoms with van der Waals surface area (Å²) in [5, 5.41) is 12.5. The van der Waals surface area contributed by atoms with E-state index in [2.05, 4.69) is 53.6 Å². The summed E-state index contributed by atoms with van der Waals surface area (Å²) in [6.45, 7) is 5.21. The highest BCUT2D eigenvalue weighted by Crippen LogP contribution is 2.24. The number of carbonyl (C=O) groups is 1. The van der Waals surface area contributed by atoms with Gasteiger partial charge in [0.2, 0.25) is 5.91 Å². The minimum absolute atomic E-state index is 0.0272. The van der Waals surface area contributed by atoms with Crippen molar-refractivity contribution >= 4 is 29.3 Å². The molecule has 0 saturated carbocycles. The molecule has 0 aliphatic carbocycles. The van der Waals surface area contributed by atoms with Gasteiger partial charge in [0.05, 0.1) is 10.8 Å². The van der Waals surface area contributed by atoms with Crippen molar-refractivity contribution < 1.29 is 9.53 Å². The molecule has 31 heavy (non-hydrogen) atoms. The predicted molar refractivity (Wildman–Crippen MR) is 125 cm³/mol. The first-order valence-corrected chi connectivity index (χ1v) is 11.5. The average Bonchev–Trinajstić information content (AvgIpc) is 3.11. The Morgan fingerprint density at radius 3 is 2.61 bits per heavy atom. The molecule has 3 rings (SSSR count). The summed E-state index contributed by atoms with van der Waals surface area (Å²) < 4.78 is 7.54. The fourth-order valence-electron chi connectivity index (χ4n) is 2.90. The van der Waals surface area contributed by atoms with Crippen LogP contribution < -0.4 is 10.1 Å². The van der Waals surface area contributed by atoms with E-state index in [0.717, 1.165) is 6.42 Å². The zero-order valence-electron chi connectivity index (χ0n) is 18.0. The second-order valence-electron chi connectivity index (χ2n) is 7.46. The van der Waals surface area contributed by atoms with Gasteiger partial charge in [0.1, 0.15) is 12.4 Å². The lowest BCUT2D eigenvalue weighted by molar-refractivity contribution is -0.118. The molecule has 0 saturated heterocycles. The third-order valence-electron chi connectivity index (χ3n) is 4.83. The van der Waals surface area contributed by atoms with Gasteiger partial charge >= 0.3 is 0 Å². The molecule has 3 aromatic rings. The van der Waals surface area contributed by atoms with E-state index in [1.54, 1.807) is 12.1 Å². The molecule has 0 aliphatic heterocycles. The van der Waals surface area contributed by atoms with Gasteiger partial charge in [-0.15, -0.1) is 10.2 Å². The molecule has 0 radical (unpaired) electrons. The third kappa shape index (κ3) is 6.74. The minimum atomic E-state index is -0.0272.